The molecule has 1 aromatic heterocycles. The van der Waals surface area contributed by atoms with Crippen LogP contribution in [-0.2, 0) is 0 Å². The molecule has 0 saturated heterocycles. The van der Waals surface area contributed by atoms with E-state index >= 15 is 0 Å². The molecular formula is C17H17N3O2. The number of aromatic nitrogens is 2. The van der Waals surface area contributed by atoms with Crippen LogP contribution in [0.15, 0.2) is 48.5 Å². The zero-order valence-corrected chi connectivity index (χ0v) is 12.4. The number of aryl methyl sites for hydroxylation is 1. The third kappa shape index (κ3) is 2.53. The average Bonchev–Trinajstić information content (AvgIpc) is 2.86. The number of carboxylic acid groups (broad SMARTS) is 1. The van der Waals surface area contributed by atoms with Gasteiger partial charge in [0.2, 0.25) is 0 Å². The van der Waals surface area contributed by atoms with Gasteiger partial charge < -0.3 is 10.4 Å². The summed E-state index contributed by atoms with van der Waals surface area (Å²) < 4.78 is 2.00. The van der Waals surface area contributed by atoms with Crippen molar-refractivity contribution in [2.24, 2.45) is 0 Å². The molecule has 0 aliphatic rings. The zero-order chi connectivity index (χ0) is 15.7. The van der Waals surface area contributed by atoms with E-state index in [1.165, 1.54) is 0 Å². The van der Waals surface area contributed by atoms with Gasteiger partial charge in [-0.3, -0.25) is 4.57 Å². The highest BCUT2D eigenvalue weighted by Gasteiger charge is 2.19. The van der Waals surface area contributed by atoms with Gasteiger partial charge in [0.25, 0.3) is 0 Å². The summed E-state index contributed by atoms with van der Waals surface area (Å²) in [4.78, 5) is 15.6. The van der Waals surface area contributed by atoms with Crippen LogP contribution in [0.2, 0.25) is 0 Å². The maximum absolute atomic E-state index is 11.0. The predicted molar refractivity (Wildman–Crippen MR) is 85.4 cm³/mol. The summed E-state index contributed by atoms with van der Waals surface area (Å²) in [5, 5.41) is 11.5. The summed E-state index contributed by atoms with van der Waals surface area (Å²) >= 11 is 0. The van der Waals surface area contributed by atoms with Gasteiger partial charge >= 0.3 is 6.09 Å². The minimum Gasteiger partial charge on any atom is -0.465 e. The Labute approximate surface area is 128 Å². The number of nitrogens with zero attached hydrogens (tertiary/aromatic N) is 2. The normalized spacial score (nSPS) is 12.3. The summed E-state index contributed by atoms with van der Waals surface area (Å²) in [6, 6.07) is 15.5. The number of fused-ring (bicyclic) bond motifs is 1. The number of amides is 1. The molecule has 112 valence electrons. The van der Waals surface area contributed by atoms with Crippen molar-refractivity contribution in [1.29, 1.82) is 0 Å². The standard InChI is InChI=1S/C17H17N3O2/c1-11-8-9-15-14(10-11)19-16(12(2)18-17(21)22)20(15)13-6-4-3-5-7-13/h3-10,12,18H,1-2H3,(H,21,22)/t12-/m0/s1. The lowest BCUT2D eigenvalue weighted by Crippen LogP contribution is -2.26. The summed E-state index contributed by atoms with van der Waals surface area (Å²) in [6.07, 6.45) is -1.06. The van der Waals surface area contributed by atoms with Crippen LogP contribution in [0.3, 0.4) is 0 Å². The van der Waals surface area contributed by atoms with Crippen LogP contribution in [0.1, 0.15) is 24.4 Å². The molecule has 1 amide bonds. The van der Waals surface area contributed by atoms with E-state index in [1.54, 1.807) is 6.92 Å². The minimum absolute atomic E-state index is 0.412. The van der Waals surface area contributed by atoms with E-state index in [-0.39, 0.29) is 0 Å². The fourth-order valence-corrected chi connectivity index (χ4v) is 2.60. The molecule has 0 aliphatic heterocycles. The van der Waals surface area contributed by atoms with Crippen molar-refractivity contribution in [2.75, 3.05) is 0 Å². The second kappa shape index (κ2) is 5.52. The smallest absolute Gasteiger partial charge is 0.405 e. The second-order valence-electron chi connectivity index (χ2n) is 5.30. The first-order chi connectivity index (χ1) is 10.6. The van der Waals surface area contributed by atoms with Crippen LogP contribution in [0.4, 0.5) is 4.79 Å². The van der Waals surface area contributed by atoms with Gasteiger partial charge in [0.15, 0.2) is 0 Å². The quantitative estimate of drug-likeness (QED) is 0.775. The summed E-state index contributed by atoms with van der Waals surface area (Å²) in [5.41, 5.74) is 3.90. The van der Waals surface area contributed by atoms with Crippen LogP contribution in [-0.4, -0.2) is 20.8 Å². The summed E-state index contributed by atoms with van der Waals surface area (Å²) in [7, 11) is 0. The maximum atomic E-state index is 11.0. The van der Waals surface area contributed by atoms with Crippen LogP contribution < -0.4 is 5.32 Å². The lowest BCUT2D eigenvalue weighted by atomic mass is 10.2. The minimum atomic E-state index is -1.06. The van der Waals surface area contributed by atoms with Gasteiger partial charge in [-0.15, -0.1) is 0 Å². The van der Waals surface area contributed by atoms with Crippen LogP contribution in [0, 0.1) is 6.92 Å². The highest BCUT2D eigenvalue weighted by Crippen LogP contribution is 2.26. The molecular weight excluding hydrogens is 278 g/mol. The fraction of sp³-hybridized carbons (Fsp3) is 0.176. The van der Waals surface area contributed by atoms with Gasteiger partial charge in [0.05, 0.1) is 17.1 Å². The molecule has 3 aromatic rings. The predicted octanol–water partition coefficient (Wildman–Crippen LogP) is 3.66. The molecule has 3 rings (SSSR count). The van der Waals surface area contributed by atoms with Gasteiger partial charge in [-0.2, -0.15) is 0 Å². The highest BCUT2D eigenvalue weighted by molar-refractivity contribution is 5.79. The van der Waals surface area contributed by atoms with E-state index in [2.05, 4.69) is 10.3 Å². The first-order valence-electron chi connectivity index (χ1n) is 7.10. The first-order valence-corrected chi connectivity index (χ1v) is 7.10. The molecule has 0 bridgehead atoms. The highest BCUT2D eigenvalue weighted by atomic mass is 16.4. The molecule has 0 unspecified atom stereocenters. The lowest BCUT2D eigenvalue weighted by Gasteiger charge is -2.14. The Morgan fingerprint density at radius 1 is 1.23 bits per heavy atom. The monoisotopic (exact) mass is 295 g/mol. The topological polar surface area (TPSA) is 67.2 Å². The van der Waals surface area contributed by atoms with Gasteiger partial charge in [0.1, 0.15) is 5.82 Å². The molecule has 5 nitrogen and oxygen atoms in total. The SMILES string of the molecule is Cc1ccc2c(c1)nc([C@H](C)NC(=O)O)n2-c1ccccc1. The molecule has 2 aromatic carbocycles. The molecule has 5 heteroatoms. The van der Waals surface area contributed by atoms with E-state index in [9.17, 15) is 4.79 Å². The van der Waals surface area contributed by atoms with E-state index in [0.29, 0.717) is 5.82 Å². The van der Waals surface area contributed by atoms with E-state index in [1.807, 2.05) is 60.0 Å². The third-order valence-corrected chi connectivity index (χ3v) is 3.58. The number of imidazole rings is 1. The number of hydrogen-bond donors (Lipinski definition) is 2. The third-order valence-electron chi connectivity index (χ3n) is 3.58. The fourth-order valence-electron chi connectivity index (χ4n) is 2.60. The Morgan fingerprint density at radius 3 is 2.64 bits per heavy atom. The van der Waals surface area contributed by atoms with Crippen molar-refractivity contribution in [3.63, 3.8) is 0 Å². The zero-order valence-electron chi connectivity index (χ0n) is 12.4. The van der Waals surface area contributed by atoms with Crippen molar-refractivity contribution in [3.05, 3.63) is 59.9 Å². The van der Waals surface area contributed by atoms with E-state index < -0.39 is 12.1 Å². The Bertz CT molecular complexity index is 825. The van der Waals surface area contributed by atoms with Crippen LogP contribution >= 0.6 is 0 Å². The molecule has 0 spiro atoms. The number of rotatable bonds is 3. The first kappa shape index (κ1) is 14.1. The summed E-state index contributed by atoms with van der Waals surface area (Å²) in [6.45, 7) is 3.81. The molecule has 0 fully saturated rings. The van der Waals surface area contributed by atoms with Crippen molar-refractivity contribution in [1.82, 2.24) is 14.9 Å². The van der Waals surface area contributed by atoms with Crippen molar-refractivity contribution in [3.8, 4) is 5.69 Å². The van der Waals surface area contributed by atoms with Crippen molar-refractivity contribution < 1.29 is 9.90 Å². The molecule has 0 radical (unpaired) electrons. The lowest BCUT2D eigenvalue weighted by molar-refractivity contribution is 0.190. The molecule has 0 saturated carbocycles. The molecule has 2 N–H and O–H groups in total. The van der Waals surface area contributed by atoms with Crippen LogP contribution in [0.25, 0.3) is 16.7 Å². The van der Waals surface area contributed by atoms with Gasteiger partial charge in [0, 0.05) is 5.69 Å². The van der Waals surface area contributed by atoms with Gasteiger partial charge in [-0.1, -0.05) is 24.3 Å². The number of carbonyl (C=O) groups is 1. The maximum Gasteiger partial charge on any atom is 0.405 e. The van der Waals surface area contributed by atoms with Gasteiger partial charge in [-0.25, -0.2) is 9.78 Å². The second-order valence-corrected chi connectivity index (χ2v) is 5.30. The molecule has 22 heavy (non-hydrogen) atoms. The molecule has 1 heterocycles. The van der Waals surface area contributed by atoms with Crippen molar-refractivity contribution in [2.45, 2.75) is 19.9 Å². The van der Waals surface area contributed by atoms with Gasteiger partial charge in [-0.05, 0) is 43.7 Å². The van der Waals surface area contributed by atoms with Crippen molar-refractivity contribution >= 4 is 17.1 Å². The number of hydrogen-bond acceptors (Lipinski definition) is 2. The largest absolute Gasteiger partial charge is 0.465 e. The van der Waals surface area contributed by atoms with E-state index in [4.69, 9.17) is 5.11 Å². The number of benzene rings is 2. The summed E-state index contributed by atoms with van der Waals surface area (Å²) in [5.74, 6) is 0.675. The Morgan fingerprint density at radius 2 is 1.95 bits per heavy atom. The Balaban J connectivity index is 2.24. The Kier molecular flexibility index (Phi) is 3.55. The Hall–Kier alpha value is -2.82. The molecule has 0 aliphatic carbocycles. The van der Waals surface area contributed by atoms with E-state index in [0.717, 1.165) is 22.3 Å². The average molecular weight is 295 g/mol. The number of nitrogens with one attached hydrogen (secondary N) is 1. The number of para-hydroxylation sites is 1. The molecule has 1 atom stereocenters. The van der Waals surface area contributed by atoms with Crippen LogP contribution in [0.5, 0.6) is 0 Å².